The molecule has 2 unspecified atom stereocenters. The van der Waals surface area contributed by atoms with Crippen LogP contribution in [0.2, 0.25) is 0 Å². The highest BCUT2D eigenvalue weighted by Crippen LogP contribution is 2.38. The fourth-order valence-corrected chi connectivity index (χ4v) is 3.17. The summed E-state index contributed by atoms with van der Waals surface area (Å²) in [6.45, 7) is 0. The van der Waals surface area contributed by atoms with Gasteiger partial charge in [-0.15, -0.1) is 0 Å². The number of benzene rings is 2. The fourth-order valence-electron chi connectivity index (χ4n) is 3.17. The monoisotopic (exact) mass is 266 g/mol. The molecule has 1 aliphatic carbocycles. The average molecular weight is 266 g/mol. The van der Waals surface area contributed by atoms with Gasteiger partial charge in [0.2, 0.25) is 0 Å². The van der Waals surface area contributed by atoms with Crippen molar-refractivity contribution >= 4 is 0 Å². The lowest BCUT2D eigenvalue weighted by Gasteiger charge is -2.33. The Kier molecular flexibility index (Phi) is 4.14. The normalized spacial score (nSPS) is 18.1. The highest BCUT2D eigenvalue weighted by molar-refractivity contribution is 5.39. The predicted octanol–water partition coefficient (Wildman–Crippen LogP) is 3.18. The molecule has 2 aromatic rings. The minimum Gasteiger partial charge on any atom is -0.271 e. The van der Waals surface area contributed by atoms with Gasteiger partial charge < -0.3 is 0 Å². The number of fused-ring (bicyclic) bond motifs is 1. The molecule has 2 heteroatoms. The molecule has 2 atom stereocenters. The van der Waals surface area contributed by atoms with Crippen molar-refractivity contribution in [1.82, 2.24) is 5.43 Å². The van der Waals surface area contributed by atoms with E-state index in [9.17, 15) is 0 Å². The van der Waals surface area contributed by atoms with Gasteiger partial charge in [-0.2, -0.15) is 0 Å². The van der Waals surface area contributed by atoms with Crippen LogP contribution in [0, 0.1) is 0 Å². The molecule has 0 saturated heterocycles. The van der Waals surface area contributed by atoms with Crippen molar-refractivity contribution in [2.45, 2.75) is 37.6 Å². The molecule has 0 bridgehead atoms. The Morgan fingerprint density at radius 2 is 1.80 bits per heavy atom. The van der Waals surface area contributed by atoms with Gasteiger partial charge in [-0.3, -0.25) is 11.3 Å². The Labute approximate surface area is 121 Å². The summed E-state index contributed by atoms with van der Waals surface area (Å²) in [6, 6.07) is 19.8. The molecule has 0 aromatic heterocycles. The Balaban J connectivity index is 1.54. The van der Waals surface area contributed by atoms with Crippen LogP contribution in [0.5, 0.6) is 0 Å². The molecule has 2 aromatic carbocycles. The van der Waals surface area contributed by atoms with Gasteiger partial charge in [-0.05, 0) is 48.3 Å². The lowest BCUT2D eigenvalue weighted by molar-refractivity contribution is 0.404. The Morgan fingerprint density at radius 1 is 1.05 bits per heavy atom. The van der Waals surface area contributed by atoms with E-state index in [2.05, 4.69) is 60.0 Å². The second kappa shape index (κ2) is 6.21. The van der Waals surface area contributed by atoms with Crippen molar-refractivity contribution in [3.8, 4) is 0 Å². The van der Waals surface area contributed by atoms with E-state index in [4.69, 9.17) is 5.84 Å². The van der Waals surface area contributed by atoms with E-state index in [0.29, 0.717) is 12.0 Å². The molecule has 0 spiro atoms. The highest BCUT2D eigenvalue weighted by atomic mass is 15.2. The number of hydrogen-bond acceptors (Lipinski definition) is 2. The first-order valence-corrected chi connectivity index (χ1v) is 7.44. The maximum atomic E-state index is 5.73. The molecule has 3 N–H and O–H groups in total. The van der Waals surface area contributed by atoms with E-state index < -0.39 is 0 Å². The van der Waals surface area contributed by atoms with Gasteiger partial charge in [0.15, 0.2) is 0 Å². The van der Waals surface area contributed by atoms with Crippen molar-refractivity contribution in [1.29, 1.82) is 0 Å². The third-order valence-electron chi connectivity index (χ3n) is 4.39. The number of hydrogen-bond donors (Lipinski definition) is 2. The van der Waals surface area contributed by atoms with Crippen molar-refractivity contribution in [2.24, 2.45) is 5.84 Å². The summed E-state index contributed by atoms with van der Waals surface area (Å²) in [6.07, 6.45) is 4.53. The maximum absolute atomic E-state index is 5.73. The largest absolute Gasteiger partial charge is 0.271 e. The standard InChI is InChI=1S/C18H22N2/c19-20-17(11-10-14-6-2-1-3-7-14)13-16-12-15-8-4-5-9-18(15)16/h1-9,16-17,20H,10-13,19H2. The maximum Gasteiger partial charge on any atom is 0.0219 e. The molecule has 20 heavy (non-hydrogen) atoms. The van der Waals surface area contributed by atoms with Gasteiger partial charge in [-0.25, -0.2) is 0 Å². The molecule has 0 radical (unpaired) electrons. The number of aryl methyl sites for hydroxylation is 1. The summed E-state index contributed by atoms with van der Waals surface area (Å²) in [7, 11) is 0. The molecule has 104 valence electrons. The minimum atomic E-state index is 0.397. The van der Waals surface area contributed by atoms with Gasteiger partial charge in [0.25, 0.3) is 0 Å². The smallest absolute Gasteiger partial charge is 0.0219 e. The van der Waals surface area contributed by atoms with Gasteiger partial charge in [0, 0.05) is 6.04 Å². The minimum absolute atomic E-state index is 0.397. The molecule has 0 heterocycles. The molecule has 0 fully saturated rings. The quantitative estimate of drug-likeness (QED) is 0.622. The average Bonchev–Trinajstić information content (AvgIpc) is 2.49. The zero-order valence-corrected chi connectivity index (χ0v) is 11.8. The van der Waals surface area contributed by atoms with Gasteiger partial charge in [0.05, 0.1) is 0 Å². The van der Waals surface area contributed by atoms with E-state index >= 15 is 0 Å². The molecular weight excluding hydrogens is 244 g/mol. The second-order valence-corrected chi connectivity index (χ2v) is 5.72. The third-order valence-corrected chi connectivity index (χ3v) is 4.39. The summed E-state index contributed by atoms with van der Waals surface area (Å²) in [5, 5.41) is 0. The van der Waals surface area contributed by atoms with Gasteiger partial charge in [-0.1, -0.05) is 54.6 Å². The van der Waals surface area contributed by atoms with Crippen LogP contribution in [-0.4, -0.2) is 6.04 Å². The van der Waals surface area contributed by atoms with E-state index in [-0.39, 0.29) is 0 Å². The summed E-state index contributed by atoms with van der Waals surface area (Å²) in [5.74, 6) is 6.42. The third kappa shape index (κ3) is 2.92. The number of nitrogens with one attached hydrogen (secondary N) is 1. The first kappa shape index (κ1) is 13.3. The first-order chi connectivity index (χ1) is 9.86. The van der Waals surface area contributed by atoms with E-state index in [1.807, 2.05) is 0 Å². The van der Waals surface area contributed by atoms with Crippen LogP contribution < -0.4 is 11.3 Å². The Morgan fingerprint density at radius 3 is 2.55 bits per heavy atom. The second-order valence-electron chi connectivity index (χ2n) is 5.72. The van der Waals surface area contributed by atoms with Crippen LogP contribution in [0.15, 0.2) is 54.6 Å². The van der Waals surface area contributed by atoms with Crippen LogP contribution in [0.1, 0.15) is 35.4 Å². The molecule has 1 aliphatic rings. The Hall–Kier alpha value is -1.64. The van der Waals surface area contributed by atoms with Crippen LogP contribution in [0.4, 0.5) is 0 Å². The van der Waals surface area contributed by atoms with E-state index in [1.165, 1.54) is 23.1 Å². The SMILES string of the molecule is NNC(CCc1ccccc1)CC1Cc2ccccc21. The predicted molar refractivity (Wildman–Crippen MR) is 83.4 cm³/mol. The summed E-state index contributed by atoms with van der Waals surface area (Å²) < 4.78 is 0. The summed E-state index contributed by atoms with van der Waals surface area (Å²) >= 11 is 0. The van der Waals surface area contributed by atoms with Gasteiger partial charge >= 0.3 is 0 Å². The Bertz CT molecular complexity index is 550. The zero-order valence-electron chi connectivity index (χ0n) is 11.8. The molecule has 0 saturated carbocycles. The summed E-state index contributed by atoms with van der Waals surface area (Å²) in [4.78, 5) is 0. The molecule has 0 amide bonds. The topological polar surface area (TPSA) is 38.0 Å². The molecular formula is C18H22N2. The van der Waals surface area contributed by atoms with Crippen LogP contribution in [0.25, 0.3) is 0 Å². The van der Waals surface area contributed by atoms with Crippen LogP contribution in [0.3, 0.4) is 0 Å². The van der Waals surface area contributed by atoms with Gasteiger partial charge in [0.1, 0.15) is 0 Å². The van der Waals surface area contributed by atoms with Crippen molar-refractivity contribution < 1.29 is 0 Å². The number of hydrazine groups is 1. The van der Waals surface area contributed by atoms with Crippen LogP contribution in [-0.2, 0) is 12.8 Å². The summed E-state index contributed by atoms with van der Waals surface area (Å²) in [5.41, 5.74) is 7.42. The van der Waals surface area contributed by atoms with E-state index in [0.717, 1.165) is 19.3 Å². The lowest BCUT2D eigenvalue weighted by atomic mass is 9.74. The van der Waals surface area contributed by atoms with Crippen molar-refractivity contribution in [3.63, 3.8) is 0 Å². The molecule has 2 nitrogen and oxygen atoms in total. The van der Waals surface area contributed by atoms with E-state index in [1.54, 1.807) is 0 Å². The molecule has 3 rings (SSSR count). The van der Waals surface area contributed by atoms with Crippen LogP contribution >= 0.6 is 0 Å². The highest BCUT2D eigenvalue weighted by Gasteiger charge is 2.27. The molecule has 0 aliphatic heterocycles. The first-order valence-electron chi connectivity index (χ1n) is 7.44. The van der Waals surface area contributed by atoms with Crippen molar-refractivity contribution in [3.05, 3.63) is 71.3 Å². The zero-order chi connectivity index (χ0) is 13.8. The fraction of sp³-hybridized carbons (Fsp3) is 0.333. The number of rotatable bonds is 6. The number of nitrogens with two attached hydrogens (primary N) is 1. The van der Waals surface area contributed by atoms with Crippen molar-refractivity contribution in [2.75, 3.05) is 0 Å². The lowest BCUT2D eigenvalue weighted by Crippen LogP contribution is -2.38.